The molecule has 0 unspecified atom stereocenters. The minimum atomic E-state index is -0.259. The number of carbonyl (C=O) groups is 1. The molecule has 21 heavy (non-hydrogen) atoms. The number of hydrogen-bond donors (Lipinski definition) is 0. The molecule has 2 aliphatic rings. The molecule has 0 bridgehead atoms. The number of carbonyl (C=O) groups excluding carboxylic acids is 1. The van der Waals surface area contributed by atoms with Crippen LogP contribution in [0, 0.1) is 0 Å². The Labute approximate surface area is 129 Å². The predicted molar refractivity (Wildman–Crippen MR) is 84.7 cm³/mol. The third kappa shape index (κ3) is 3.10. The zero-order valence-corrected chi connectivity index (χ0v) is 13.0. The van der Waals surface area contributed by atoms with Crippen LogP contribution in [0.4, 0.5) is 0 Å². The average Bonchev–Trinajstić information content (AvgIpc) is 2.54. The standard InChI is InChI=1S/C17H20O3S/c1-2-19-17(18)16-15(12-8-4-3-5-9-12)20-13-10-6-7-11-14(13)21-16/h3-5,8-9,13-14H,2,6-7,10-11H2,1H3/t13-,14-/m0/s1. The fourth-order valence-electron chi connectivity index (χ4n) is 2.87. The number of esters is 1. The molecule has 1 heterocycles. The maximum atomic E-state index is 12.3. The lowest BCUT2D eigenvalue weighted by molar-refractivity contribution is -0.137. The summed E-state index contributed by atoms with van der Waals surface area (Å²) in [4.78, 5) is 12.9. The second-order valence-electron chi connectivity index (χ2n) is 5.34. The highest BCUT2D eigenvalue weighted by Gasteiger charge is 2.37. The summed E-state index contributed by atoms with van der Waals surface area (Å²) >= 11 is 1.65. The molecule has 4 heteroatoms. The topological polar surface area (TPSA) is 35.5 Å². The van der Waals surface area contributed by atoms with Crippen molar-refractivity contribution in [1.29, 1.82) is 0 Å². The number of fused-ring (bicyclic) bond motifs is 1. The smallest absolute Gasteiger partial charge is 0.348 e. The van der Waals surface area contributed by atoms with Crippen molar-refractivity contribution >= 4 is 23.5 Å². The molecule has 0 saturated heterocycles. The maximum Gasteiger partial charge on any atom is 0.348 e. The largest absolute Gasteiger partial charge is 0.487 e. The van der Waals surface area contributed by atoms with Crippen molar-refractivity contribution in [3.8, 4) is 0 Å². The van der Waals surface area contributed by atoms with E-state index >= 15 is 0 Å². The first-order valence-corrected chi connectivity index (χ1v) is 8.47. The van der Waals surface area contributed by atoms with E-state index in [2.05, 4.69) is 0 Å². The van der Waals surface area contributed by atoms with Gasteiger partial charge in [-0.3, -0.25) is 0 Å². The highest BCUT2D eigenvalue weighted by molar-refractivity contribution is 8.04. The molecule has 1 aliphatic heterocycles. The monoisotopic (exact) mass is 304 g/mol. The molecule has 1 fully saturated rings. The number of rotatable bonds is 3. The van der Waals surface area contributed by atoms with E-state index in [-0.39, 0.29) is 12.1 Å². The van der Waals surface area contributed by atoms with Crippen molar-refractivity contribution in [2.24, 2.45) is 0 Å². The Bertz CT molecular complexity index is 538. The fraction of sp³-hybridized carbons (Fsp3) is 0.471. The van der Waals surface area contributed by atoms with Gasteiger partial charge in [0, 0.05) is 10.8 Å². The summed E-state index contributed by atoms with van der Waals surface area (Å²) in [6.07, 6.45) is 4.83. The SMILES string of the molecule is CCOC(=O)C1=C(c2ccccc2)O[C@H]2CCCC[C@@H]2S1. The zero-order chi connectivity index (χ0) is 14.7. The van der Waals surface area contributed by atoms with E-state index in [9.17, 15) is 4.79 Å². The van der Waals surface area contributed by atoms with Crippen LogP contribution in [0.1, 0.15) is 38.2 Å². The average molecular weight is 304 g/mol. The van der Waals surface area contributed by atoms with Gasteiger partial charge in [-0.25, -0.2) is 4.79 Å². The highest BCUT2D eigenvalue weighted by Crippen LogP contribution is 2.44. The lowest BCUT2D eigenvalue weighted by Gasteiger charge is -2.37. The van der Waals surface area contributed by atoms with E-state index in [4.69, 9.17) is 9.47 Å². The van der Waals surface area contributed by atoms with Crippen LogP contribution in [0.15, 0.2) is 35.2 Å². The molecule has 3 nitrogen and oxygen atoms in total. The van der Waals surface area contributed by atoms with Crippen molar-refractivity contribution in [3.05, 3.63) is 40.8 Å². The van der Waals surface area contributed by atoms with Crippen LogP contribution in [0.25, 0.3) is 5.76 Å². The first-order chi connectivity index (χ1) is 10.3. The summed E-state index contributed by atoms with van der Waals surface area (Å²) < 4.78 is 11.4. The molecule has 112 valence electrons. The first-order valence-electron chi connectivity index (χ1n) is 7.59. The zero-order valence-electron chi connectivity index (χ0n) is 12.2. The molecule has 1 aromatic carbocycles. The lowest BCUT2D eigenvalue weighted by atomic mass is 9.96. The van der Waals surface area contributed by atoms with E-state index < -0.39 is 0 Å². The van der Waals surface area contributed by atoms with Crippen LogP contribution in [-0.4, -0.2) is 23.9 Å². The van der Waals surface area contributed by atoms with Gasteiger partial charge in [0.05, 0.1) is 6.61 Å². The molecule has 0 N–H and O–H groups in total. The number of thioether (sulfide) groups is 1. The summed E-state index contributed by atoms with van der Waals surface area (Å²) in [6.45, 7) is 2.22. The summed E-state index contributed by atoms with van der Waals surface area (Å²) in [5.74, 6) is 0.438. The summed E-state index contributed by atoms with van der Waals surface area (Å²) in [6, 6.07) is 9.86. The number of ether oxygens (including phenoxy) is 2. The molecule has 1 saturated carbocycles. The molecule has 3 rings (SSSR count). The summed E-state index contributed by atoms with van der Waals surface area (Å²) in [7, 11) is 0. The van der Waals surface area contributed by atoms with Gasteiger partial charge in [-0.05, 0) is 26.2 Å². The normalized spacial score (nSPS) is 25.0. The second-order valence-corrected chi connectivity index (χ2v) is 6.59. The molecule has 0 radical (unpaired) electrons. The molecule has 0 amide bonds. The molecular formula is C17H20O3S. The van der Waals surface area contributed by atoms with E-state index in [1.54, 1.807) is 11.8 Å². The van der Waals surface area contributed by atoms with Gasteiger partial charge in [-0.1, -0.05) is 36.8 Å². The minimum absolute atomic E-state index is 0.220. The molecule has 1 aromatic rings. The van der Waals surface area contributed by atoms with Gasteiger partial charge in [0.2, 0.25) is 0 Å². The van der Waals surface area contributed by atoms with Crippen molar-refractivity contribution in [3.63, 3.8) is 0 Å². The van der Waals surface area contributed by atoms with Crippen LogP contribution in [0.5, 0.6) is 0 Å². The molecule has 0 aromatic heterocycles. The fourth-order valence-corrected chi connectivity index (χ4v) is 4.23. The summed E-state index contributed by atoms with van der Waals surface area (Å²) in [5.41, 5.74) is 0.956. The Morgan fingerprint density at radius 3 is 2.81 bits per heavy atom. The van der Waals surface area contributed by atoms with Gasteiger partial charge in [0.25, 0.3) is 0 Å². The third-order valence-electron chi connectivity index (χ3n) is 3.88. The highest BCUT2D eigenvalue weighted by atomic mass is 32.2. The Morgan fingerprint density at radius 2 is 2.05 bits per heavy atom. The van der Waals surface area contributed by atoms with Crippen molar-refractivity contribution < 1.29 is 14.3 Å². The Hall–Kier alpha value is -1.42. The van der Waals surface area contributed by atoms with Crippen LogP contribution in [-0.2, 0) is 14.3 Å². The number of hydrogen-bond acceptors (Lipinski definition) is 4. The third-order valence-corrected chi connectivity index (χ3v) is 5.31. The predicted octanol–water partition coefficient (Wildman–Crippen LogP) is 3.99. The summed E-state index contributed by atoms with van der Waals surface area (Å²) in [5, 5.41) is 0.380. The van der Waals surface area contributed by atoms with Gasteiger partial charge in [-0.15, -0.1) is 11.8 Å². The van der Waals surface area contributed by atoms with E-state index in [1.165, 1.54) is 12.8 Å². The van der Waals surface area contributed by atoms with Crippen LogP contribution < -0.4 is 0 Å². The maximum absolute atomic E-state index is 12.3. The van der Waals surface area contributed by atoms with Gasteiger partial charge >= 0.3 is 5.97 Å². The van der Waals surface area contributed by atoms with E-state index in [0.29, 0.717) is 22.5 Å². The van der Waals surface area contributed by atoms with Crippen molar-refractivity contribution in [2.75, 3.05) is 6.61 Å². The van der Waals surface area contributed by atoms with Gasteiger partial charge < -0.3 is 9.47 Å². The minimum Gasteiger partial charge on any atom is -0.487 e. The van der Waals surface area contributed by atoms with E-state index in [1.807, 2.05) is 37.3 Å². The lowest BCUT2D eigenvalue weighted by Crippen LogP contribution is -2.34. The van der Waals surface area contributed by atoms with Crippen molar-refractivity contribution in [2.45, 2.75) is 44.0 Å². The second kappa shape index (κ2) is 6.56. The molecular weight excluding hydrogens is 284 g/mol. The van der Waals surface area contributed by atoms with Crippen LogP contribution in [0.2, 0.25) is 0 Å². The Balaban J connectivity index is 1.97. The van der Waals surface area contributed by atoms with Gasteiger partial charge in [0.15, 0.2) is 0 Å². The Kier molecular flexibility index (Phi) is 4.54. The van der Waals surface area contributed by atoms with Gasteiger partial charge in [0.1, 0.15) is 16.8 Å². The molecule has 1 aliphatic carbocycles. The molecule has 2 atom stereocenters. The van der Waals surface area contributed by atoms with Gasteiger partial charge in [-0.2, -0.15) is 0 Å². The number of benzene rings is 1. The first kappa shape index (κ1) is 14.5. The van der Waals surface area contributed by atoms with E-state index in [0.717, 1.165) is 18.4 Å². The van der Waals surface area contributed by atoms with Crippen LogP contribution >= 0.6 is 11.8 Å². The molecule has 0 spiro atoms. The van der Waals surface area contributed by atoms with Crippen LogP contribution in [0.3, 0.4) is 0 Å². The van der Waals surface area contributed by atoms with Crippen molar-refractivity contribution in [1.82, 2.24) is 0 Å². The quantitative estimate of drug-likeness (QED) is 0.791. The Morgan fingerprint density at radius 1 is 1.29 bits per heavy atom.